The lowest BCUT2D eigenvalue weighted by Gasteiger charge is -2.41. The third-order valence-electron chi connectivity index (χ3n) is 7.03. The first-order valence-electron chi connectivity index (χ1n) is 11.5. The molecule has 2 amide bonds. The van der Waals surface area contributed by atoms with E-state index in [1.54, 1.807) is 18.9 Å². The minimum absolute atomic E-state index is 0.0740. The highest BCUT2D eigenvalue weighted by molar-refractivity contribution is 6.02. The molecular formula is C26H26N4O5. The van der Waals surface area contributed by atoms with E-state index in [0.717, 1.165) is 22.3 Å². The average molecular weight is 475 g/mol. The Morgan fingerprint density at radius 1 is 1.09 bits per heavy atom. The molecule has 0 bridgehead atoms. The van der Waals surface area contributed by atoms with E-state index < -0.39 is 18.0 Å². The number of hydrogen-bond donors (Lipinski definition) is 2. The van der Waals surface area contributed by atoms with Gasteiger partial charge in [-0.05, 0) is 22.3 Å². The Morgan fingerprint density at radius 2 is 1.69 bits per heavy atom. The van der Waals surface area contributed by atoms with Crippen LogP contribution in [0.2, 0.25) is 0 Å². The van der Waals surface area contributed by atoms with E-state index in [9.17, 15) is 14.4 Å². The van der Waals surface area contributed by atoms with Gasteiger partial charge >= 0.3 is 12.1 Å². The first kappa shape index (κ1) is 22.6. The number of aryl methyl sites for hydroxylation is 1. The van der Waals surface area contributed by atoms with Gasteiger partial charge in [0, 0.05) is 32.0 Å². The molecule has 1 aromatic heterocycles. The standard InChI is InChI=1S/C26H26N4O5/c1-15(25(32)33)16-12-30(13-16)24(31)21-11-27-29(2)23(21)28-26(34)35-14-22-19-9-5-3-7-17(19)18-8-4-6-10-20(18)22/h3-11,15-16,22H,12-14H2,1-2H3,(H,28,34)(H,32,33). The van der Waals surface area contributed by atoms with Gasteiger partial charge in [-0.25, -0.2) is 4.79 Å². The fourth-order valence-electron chi connectivity index (χ4n) is 4.84. The van der Waals surface area contributed by atoms with Gasteiger partial charge in [-0.2, -0.15) is 5.10 Å². The Bertz CT molecular complexity index is 1270. The minimum atomic E-state index is -0.874. The summed E-state index contributed by atoms with van der Waals surface area (Å²) >= 11 is 0. The second-order valence-corrected chi connectivity index (χ2v) is 9.08. The summed E-state index contributed by atoms with van der Waals surface area (Å²) in [6.45, 7) is 2.50. The van der Waals surface area contributed by atoms with E-state index in [1.807, 2.05) is 36.4 Å². The van der Waals surface area contributed by atoms with E-state index in [1.165, 1.54) is 10.9 Å². The number of aliphatic carboxylic acids is 1. The van der Waals surface area contributed by atoms with Crippen LogP contribution in [0, 0.1) is 11.8 Å². The Hall–Kier alpha value is -4.14. The van der Waals surface area contributed by atoms with E-state index in [4.69, 9.17) is 9.84 Å². The highest BCUT2D eigenvalue weighted by Gasteiger charge is 2.38. The summed E-state index contributed by atoms with van der Waals surface area (Å²) < 4.78 is 7.01. The lowest BCUT2D eigenvalue weighted by Crippen LogP contribution is -2.53. The number of ether oxygens (including phenoxy) is 1. The first-order valence-corrected chi connectivity index (χ1v) is 11.5. The molecule has 1 saturated heterocycles. The van der Waals surface area contributed by atoms with Crippen LogP contribution in [0.25, 0.3) is 11.1 Å². The lowest BCUT2D eigenvalue weighted by molar-refractivity contribution is -0.144. The summed E-state index contributed by atoms with van der Waals surface area (Å²) in [7, 11) is 1.63. The molecule has 9 heteroatoms. The zero-order chi connectivity index (χ0) is 24.7. The SMILES string of the molecule is CC(C(=O)O)C1CN(C(=O)c2cnn(C)c2NC(=O)OCC2c3ccccc3-c3ccccc32)C1. The van der Waals surface area contributed by atoms with Gasteiger partial charge in [0.15, 0.2) is 0 Å². The van der Waals surface area contributed by atoms with Crippen LogP contribution in [0.4, 0.5) is 10.6 Å². The van der Waals surface area contributed by atoms with E-state index in [-0.39, 0.29) is 35.7 Å². The van der Waals surface area contributed by atoms with Crippen LogP contribution in [-0.2, 0) is 16.6 Å². The number of carboxylic acids is 1. The number of amides is 2. The monoisotopic (exact) mass is 474 g/mol. The summed E-state index contributed by atoms with van der Waals surface area (Å²) in [5, 5.41) is 15.9. The molecule has 3 aromatic rings. The highest BCUT2D eigenvalue weighted by atomic mass is 16.5. The number of benzene rings is 2. The predicted octanol–water partition coefficient (Wildman–Crippen LogP) is 3.57. The molecule has 2 heterocycles. The largest absolute Gasteiger partial charge is 0.481 e. The van der Waals surface area contributed by atoms with E-state index >= 15 is 0 Å². The average Bonchev–Trinajstić information content (AvgIpc) is 3.34. The first-order chi connectivity index (χ1) is 16.8. The Morgan fingerprint density at radius 3 is 2.29 bits per heavy atom. The Balaban J connectivity index is 1.25. The third-order valence-corrected chi connectivity index (χ3v) is 7.03. The fraction of sp³-hybridized carbons (Fsp3) is 0.308. The molecule has 2 aromatic carbocycles. The number of carbonyl (C=O) groups excluding carboxylic acids is 2. The van der Waals surface area contributed by atoms with Crippen LogP contribution in [0.3, 0.4) is 0 Å². The Labute approximate surface area is 202 Å². The van der Waals surface area contributed by atoms with Crippen molar-refractivity contribution in [3.05, 3.63) is 71.4 Å². The molecule has 0 spiro atoms. The van der Waals surface area contributed by atoms with Crippen LogP contribution < -0.4 is 5.32 Å². The fourth-order valence-corrected chi connectivity index (χ4v) is 4.84. The van der Waals surface area contributed by atoms with E-state index in [0.29, 0.717) is 13.1 Å². The van der Waals surface area contributed by atoms with Gasteiger partial charge in [-0.15, -0.1) is 0 Å². The second-order valence-electron chi connectivity index (χ2n) is 9.08. The van der Waals surface area contributed by atoms with Gasteiger partial charge in [-0.1, -0.05) is 55.5 Å². The molecule has 35 heavy (non-hydrogen) atoms. The van der Waals surface area contributed by atoms with Gasteiger partial charge in [0.25, 0.3) is 5.91 Å². The molecule has 0 saturated carbocycles. The smallest absolute Gasteiger partial charge is 0.412 e. The molecule has 0 radical (unpaired) electrons. The molecular weight excluding hydrogens is 448 g/mol. The summed E-state index contributed by atoms with van der Waals surface area (Å²) in [4.78, 5) is 38.4. The number of carboxylic acid groups (broad SMARTS) is 1. The zero-order valence-electron chi connectivity index (χ0n) is 19.5. The van der Waals surface area contributed by atoms with Crippen molar-refractivity contribution < 1.29 is 24.2 Å². The topological polar surface area (TPSA) is 114 Å². The molecule has 5 rings (SSSR count). The number of nitrogens with zero attached hydrogens (tertiary/aromatic N) is 3. The molecule has 2 N–H and O–H groups in total. The molecule has 9 nitrogen and oxygen atoms in total. The number of likely N-dealkylation sites (tertiary alicyclic amines) is 1. The quantitative estimate of drug-likeness (QED) is 0.565. The summed E-state index contributed by atoms with van der Waals surface area (Å²) in [6.07, 6.45) is 0.723. The number of hydrogen-bond acceptors (Lipinski definition) is 5. The maximum absolute atomic E-state index is 13.0. The zero-order valence-corrected chi connectivity index (χ0v) is 19.5. The number of anilines is 1. The minimum Gasteiger partial charge on any atom is -0.481 e. The molecule has 1 fully saturated rings. The van der Waals surface area contributed by atoms with Crippen molar-refractivity contribution in [2.75, 3.05) is 25.0 Å². The summed E-state index contributed by atoms with van der Waals surface area (Å²) in [5.74, 6) is -1.63. The van der Waals surface area contributed by atoms with Crippen molar-refractivity contribution >= 4 is 23.8 Å². The van der Waals surface area contributed by atoms with Crippen LogP contribution >= 0.6 is 0 Å². The van der Waals surface area contributed by atoms with Crippen molar-refractivity contribution in [1.29, 1.82) is 0 Å². The molecule has 1 aliphatic heterocycles. The molecule has 1 unspecified atom stereocenters. The van der Waals surface area contributed by atoms with Gasteiger partial charge in [0.1, 0.15) is 18.0 Å². The maximum atomic E-state index is 13.0. The lowest BCUT2D eigenvalue weighted by atomic mass is 9.87. The van der Waals surface area contributed by atoms with E-state index in [2.05, 4.69) is 22.5 Å². The number of carbonyl (C=O) groups is 3. The van der Waals surface area contributed by atoms with Crippen molar-refractivity contribution in [3.8, 4) is 11.1 Å². The van der Waals surface area contributed by atoms with Crippen LogP contribution in [0.15, 0.2) is 54.7 Å². The van der Waals surface area contributed by atoms with Crippen LogP contribution in [0.5, 0.6) is 0 Å². The molecule has 1 atom stereocenters. The third kappa shape index (κ3) is 4.03. The number of fused-ring (bicyclic) bond motifs is 3. The summed E-state index contributed by atoms with van der Waals surface area (Å²) in [6, 6.07) is 16.2. The van der Waals surface area contributed by atoms with Crippen molar-refractivity contribution in [2.45, 2.75) is 12.8 Å². The van der Waals surface area contributed by atoms with Crippen molar-refractivity contribution in [2.24, 2.45) is 18.9 Å². The van der Waals surface area contributed by atoms with Gasteiger partial charge in [0.05, 0.1) is 12.1 Å². The normalized spacial score (nSPS) is 15.7. The maximum Gasteiger partial charge on any atom is 0.412 e. The van der Waals surface area contributed by atoms with Crippen LogP contribution in [0.1, 0.15) is 34.3 Å². The van der Waals surface area contributed by atoms with Gasteiger partial charge in [-0.3, -0.25) is 19.6 Å². The number of rotatable bonds is 6. The predicted molar refractivity (Wildman–Crippen MR) is 128 cm³/mol. The van der Waals surface area contributed by atoms with Crippen LogP contribution in [-0.4, -0.2) is 57.5 Å². The summed E-state index contributed by atoms with van der Waals surface area (Å²) in [5.41, 5.74) is 4.74. The Kier molecular flexibility index (Phi) is 5.76. The second kappa shape index (κ2) is 8.90. The van der Waals surface area contributed by atoms with Crippen molar-refractivity contribution in [1.82, 2.24) is 14.7 Å². The molecule has 2 aliphatic rings. The molecule has 1 aliphatic carbocycles. The van der Waals surface area contributed by atoms with Gasteiger partial charge in [0.2, 0.25) is 0 Å². The molecule has 180 valence electrons. The van der Waals surface area contributed by atoms with Crippen molar-refractivity contribution in [3.63, 3.8) is 0 Å². The highest BCUT2D eigenvalue weighted by Crippen LogP contribution is 2.44. The van der Waals surface area contributed by atoms with Gasteiger partial charge < -0.3 is 14.7 Å². The number of nitrogens with one attached hydrogen (secondary N) is 1. The number of aromatic nitrogens is 2.